The Morgan fingerprint density at radius 3 is 2.25 bits per heavy atom. The number of methoxy groups -OCH3 is 1. The Kier molecular flexibility index (Phi) is 5.29. The zero-order valence-corrected chi connectivity index (χ0v) is 10.0. The molecule has 1 fully saturated rings. The fourth-order valence-corrected chi connectivity index (χ4v) is 2.23. The normalized spacial score (nSPS) is 26.4. The zero-order chi connectivity index (χ0) is 12.0. The molecule has 0 aromatic carbocycles. The lowest BCUT2D eigenvalue weighted by atomic mass is 9.88. The first kappa shape index (κ1) is 13.0. The highest BCUT2D eigenvalue weighted by molar-refractivity contribution is 5.74. The summed E-state index contributed by atoms with van der Waals surface area (Å²) in [6.45, 7) is 1.38. The van der Waals surface area contributed by atoms with E-state index in [4.69, 9.17) is 9.47 Å². The quantitative estimate of drug-likeness (QED) is 0.679. The van der Waals surface area contributed by atoms with Crippen molar-refractivity contribution in [2.75, 3.05) is 7.11 Å². The average Bonchev–Trinajstić information content (AvgIpc) is 2.21. The molecule has 16 heavy (non-hydrogen) atoms. The van der Waals surface area contributed by atoms with E-state index >= 15 is 0 Å². The molecule has 1 aliphatic rings. The topological polar surface area (TPSA) is 52.6 Å². The summed E-state index contributed by atoms with van der Waals surface area (Å²) in [4.78, 5) is 22.6. The number of rotatable bonds is 2. The van der Waals surface area contributed by atoms with Crippen LogP contribution < -0.4 is 0 Å². The monoisotopic (exact) mass is 228 g/mol. The van der Waals surface area contributed by atoms with E-state index in [-0.39, 0.29) is 24.0 Å². The lowest BCUT2D eigenvalue weighted by Gasteiger charge is -2.26. The molecule has 4 nitrogen and oxygen atoms in total. The van der Waals surface area contributed by atoms with Crippen molar-refractivity contribution in [1.82, 2.24) is 0 Å². The fraction of sp³-hybridized carbons (Fsp3) is 0.833. The van der Waals surface area contributed by atoms with Gasteiger partial charge >= 0.3 is 11.9 Å². The van der Waals surface area contributed by atoms with Crippen LogP contribution in [0.2, 0.25) is 0 Å². The molecule has 2 atom stereocenters. The summed E-state index contributed by atoms with van der Waals surface area (Å²) in [5.41, 5.74) is 0. The highest BCUT2D eigenvalue weighted by Crippen LogP contribution is 2.26. The van der Waals surface area contributed by atoms with Crippen molar-refractivity contribution in [2.45, 2.75) is 51.6 Å². The van der Waals surface area contributed by atoms with Crippen LogP contribution in [-0.2, 0) is 19.1 Å². The van der Waals surface area contributed by atoms with Crippen molar-refractivity contribution in [3.05, 3.63) is 0 Å². The van der Waals surface area contributed by atoms with E-state index in [9.17, 15) is 9.59 Å². The average molecular weight is 228 g/mol. The molecule has 0 aromatic heterocycles. The highest BCUT2D eigenvalue weighted by Gasteiger charge is 2.31. The Morgan fingerprint density at radius 1 is 1.06 bits per heavy atom. The second-order valence-corrected chi connectivity index (χ2v) is 4.27. The van der Waals surface area contributed by atoms with Crippen molar-refractivity contribution in [2.24, 2.45) is 5.92 Å². The largest absolute Gasteiger partial charge is 0.469 e. The summed E-state index contributed by atoms with van der Waals surface area (Å²) in [6, 6.07) is 0. The number of hydrogen-bond donors (Lipinski definition) is 0. The minimum absolute atomic E-state index is 0.256. The third-order valence-electron chi connectivity index (χ3n) is 3.02. The molecule has 92 valence electrons. The van der Waals surface area contributed by atoms with Crippen LogP contribution in [0.3, 0.4) is 0 Å². The van der Waals surface area contributed by atoms with Gasteiger partial charge in [-0.2, -0.15) is 0 Å². The number of esters is 2. The predicted octanol–water partition coefficient (Wildman–Crippen LogP) is 2.06. The van der Waals surface area contributed by atoms with Gasteiger partial charge in [-0.25, -0.2) is 0 Å². The van der Waals surface area contributed by atoms with E-state index in [0.717, 1.165) is 38.5 Å². The molecular formula is C12H20O4. The summed E-state index contributed by atoms with van der Waals surface area (Å²) in [6.07, 6.45) is 5.50. The van der Waals surface area contributed by atoms with Gasteiger partial charge in [0.05, 0.1) is 13.0 Å². The van der Waals surface area contributed by atoms with E-state index < -0.39 is 0 Å². The first-order valence-corrected chi connectivity index (χ1v) is 5.90. The molecule has 4 heteroatoms. The molecule has 0 N–H and O–H groups in total. The highest BCUT2D eigenvalue weighted by atomic mass is 16.6. The van der Waals surface area contributed by atoms with Crippen LogP contribution in [-0.4, -0.2) is 25.2 Å². The second-order valence-electron chi connectivity index (χ2n) is 4.27. The first-order chi connectivity index (χ1) is 7.65. The third kappa shape index (κ3) is 3.83. The molecule has 0 amide bonds. The SMILES string of the molecule is COC(=O)C1CCCCCCC1OC(C)=O. The minimum Gasteiger partial charge on any atom is -0.469 e. The Morgan fingerprint density at radius 2 is 1.69 bits per heavy atom. The summed E-state index contributed by atoms with van der Waals surface area (Å²) in [7, 11) is 1.38. The van der Waals surface area contributed by atoms with Crippen molar-refractivity contribution < 1.29 is 19.1 Å². The Labute approximate surface area is 96.3 Å². The molecule has 0 aromatic rings. The lowest BCUT2D eigenvalue weighted by Crippen LogP contribution is -2.33. The van der Waals surface area contributed by atoms with Gasteiger partial charge in [-0.05, 0) is 19.3 Å². The van der Waals surface area contributed by atoms with Crippen LogP contribution in [0.1, 0.15) is 45.4 Å². The van der Waals surface area contributed by atoms with Crippen LogP contribution in [0.25, 0.3) is 0 Å². The van der Waals surface area contributed by atoms with Crippen molar-refractivity contribution >= 4 is 11.9 Å². The molecule has 0 bridgehead atoms. The summed E-state index contributed by atoms with van der Waals surface area (Å²) in [5, 5.41) is 0. The molecule has 0 spiro atoms. The molecule has 1 saturated carbocycles. The Balaban J connectivity index is 2.67. The first-order valence-electron chi connectivity index (χ1n) is 5.90. The second kappa shape index (κ2) is 6.51. The van der Waals surface area contributed by atoms with Gasteiger partial charge in [0, 0.05) is 6.92 Å². The van der Waals surface area contributed by atoms with Crippen molar-refractivity contribution in [3.8, 4) is 0 Å². The van der Waals surface area contributed by atoms with Gasteiger partial charge in [0.15, 0.2) is 0 Å². The van der Waals surface area contributed by atoms with Gasteiger partial charge in [-0.3, -0.25) is 9.59 Å². The van der Waals surface area contributed by atoms with Gasteiger partial charge in [-0.15, -0.1) is 0 Å². The summed E-state index contributed by atoms with van der Waals surface area (Å²) >= 11 is 0. The summed E-state index contributed by atoms with van der Waals surface area (Å²) in [5.74, 6) is -0.859. The van der Waals surface area contributed by atoms with E-state index in [1.54, 1.807) is 0 Å². The van der Waals surface area contributed by atoms with Crippen molar-refractivity contribution in [3.63, 3.8) is 0 Å². The van der Waals surface area contributed by atoms with Crippen LogP contribution in [0.15, 0.2) is 0 Å². The van der Waals surface area contributed by atoms with Gasteiger partial charge in [0.2, 0.25) is 0 Å². The van der Waals surface area contributed by atoms with E-state index in [2.05, 4.69) is 0 Å². The van der Waals surface area contributed by atoms with E-state index in [0.29, 0.717) is 0 Å². The maximum Gasteiger partial charge on any atom is 0.312 e. The maximum atomic E-state index is 11.6. The van der Waals surface area contributed by atoms with Gasteiger partial charge in [0.25, 0.3) is 0 Å². The smallest absolute Gasteiger partial charge is 0.312 e. The lowest BCUT2D eigenvalue weighted by molar-refractivity contribution is -0.160. The molecule has 0 radical (unpaired) electrons. The standard InChI is InChI=1S/C12H20O4/c1-9(13)16-11-8-6-4-3-5-7-10(11)12(14)15-2/h10-11H,3-8H2,1-2H3. The number of ether oxygens (including phenoxy) is 2. The van der Waals surface area contributed by atoms with Gasteiger partial charge in [-0.1, -0.05) is 19.3 Å². The maximum absolute atomic E-state index is 11.6. The predicted molar refractivity (Wildman–Crippen MR) is 58.8 cm³/mol. The molecule has 1 aliphatic carbocycles. The van der Waals surface area contributed by atoms with Crippen molar-refractivity contribution in [1.29, 1.82) is 0 Å². The van der Waals surface area contributed by atoms with E-state index in [1.165, 1.54) is 14.0 Å². The third-order valence-corrected chi connectivity index (χ3v) is 3.02. The molecular weight excluding hydrogens is 208 g/mol. The van der Waals surface area contributed by atoms with E-state index in [1.807, 2.05) is 0 Å². The molecule has 0 saturated heterocycles. The Hall–Kier alpha value is -1.06. The van der Waals surface area contributed by atoms with Gasteiger partial charge < -0.3 is 9.47 Å². The zero-order valence-electron chi connectivity index (χ0n) is 10.0. The van der Waals surface area contributed by atoms with Crippen LogP contribution in [0, 0.1) is 5.92 Å². The number of carbonyl (C=O) groups is 2. The molecule has 1 rings (SSSR count). The summed E-state index contributed by atoms with van der Waals surface area (Å²) < 4.78 is 9.99. The van der Waals surface area contributed by atoms with Crippen LogP contribution in [0.4, 0.5) is 0 Å². The molecule has 0 aliphatic heterocycles. The Bertz CT molecular complexity index is 249. The molecule has 0 heterocycles. The fourth-order valence-electron chi connectivity index (χ4n) is 2.23. The molecule has 2 unspecified atom stereocenters. The number of hydrogen-bond acceptors (Lipinski definition) is 4. The number of carbonyl (C=O) groups excluding carboxylic acids is 2. The van der Waals surface area contributed by atoms with Gasteiger partial charge in [0.1, 0.15) is 6.10 Å². The van der Waals surface area contributed by atoms with Crippen LogP contribution >= 0.6 is 0 Å². The minimum atomic E-state index is -0.320. The van der Waals surface area contributed by atoms with Crippen LogP contribution in [0.5, 0.6) is 0 Å².